The van der Waals surface area contributed by atoms with Gasteiger partial charge in [0.1, 0.15) is 0 Å². The fraction of sp³-hybridized carbons (Fsp3) is 0.500. The predicted molar refractivity (Wildman–Crippen MR) is 71.2 cm³/mol. The van der Waals surface area contributed by atoms with Crippen molar-refractivity contribution in [3.8, 4) is 0 Å². The molecule has 90 valence electrons. The minimum Gasteiger partial charge on any atom is -0.322 e. The van der Waals surface area contributed by atoms with E-state index in [0.29, 0.717) is 10.0 Å². The summed E-state index contributed by atoms with van der Waals surface area (Å²) in [6, 6.07) is 5.37. The van der Waals surface area contributed by atoms with Crippen LogP contribution >= 0.6 is 23.2 Å². The van der Waals surface area contributed by atoms with Crippen LogP contribution in [-0.2, 0) is 0 Å². The van der Waals surface area contributed by atoms with Crippen LogP contribution in [-0.4, -0.2) is 24.5 Å². The topological polar surface area (TPSA) is 29.3 Å². The van der Waals surface area contributed by atoms with E-state index in [1.807, 2.05) is 26.2 Å². The number of halogens is 2. The van der Waals surface area contributed by atoms with Crippen LogP contribution in [0.5, 0.6) is 0 Å². The summed E-state index contributed by atoms with van der Waals surface area (Å²) in [4.78, 5) is 2.08. The van der Waals surface area contributed by atoms with Crippen molar-refractivity contribution in [1.82, 2.24) is 4.90 Å². The molecule has 1 rings (SSSR count). The lowest BCUT2D eigenvalue weighted by Gasteiger charge is -2.38. The zero-order valence-electron chi connectivity index (χ0n) is 10.1. The molecule has 0 aliphatic heterocycles. The van der Waals surface area contributed by atoms with Gasteiger partial charge in [0.2, 0.25) is 0 Å². The average molecular weight is 261 g/mol. The molecule has 0 aliphatic rings. The number of nitrogens with two attached hydrogens (primary N) is 1. The smallest absolute Gasteiger partial charge is 0.0640 e. The number of benzene rings is 1. The molecular formula is C12H18Cl2N2. The molecule has 2 N–H and O–H groups in total. The van der Waals surface area contributed by atoms with Gasteiger partial charge >= 0.3 is 0 Å². The second-order valence-corrected chi connectivity index (χ2v) is 5.45. The maximum atomic E-state index is 6.26. The fourth-order valence-corrected chi connectivity index (χ4v) is 1.84. The van der Waals surface area contributed by atoms with E-state index in [0.717, 1.165) is 5.56 Å². The molecule has 1 unspecified atom stereocenters. The number of nitrogens with zero attached hydrogens (tertiary/aromatic N) is 1. The van der Waals surface area contributed by atoms with E-state index in [1.54, 1.807) is 6.07 Å². The van der Waals surface area contributed by atoms with Crippen LogP contribution in [0, 0.1) is 0 Å². The predicted octanol–water partition coefficient (Wildman–Crippen LogP) is 3.33. The lowest BCUT2D eigenvalue weighted by molar-refractivity contribution is 0.159. The molecule has 0 radical (unpaired) electrons. The van der Waals surface area contributed by atoms with Crippen molar-refractivity contribution in [1.29, 1.82) is 0 Å². The van der Waals surface area contributed by atoms with Crippen LogP contribution in [0.4, 0.5) is 0 Å². The molecule has 0 bridgehead atoms. The summed E-state index contributed by atoms with van der Waals surface area (Å²) in [5.74, 6) is 0. The first kappa shape index (κ1) is 13.8. The van der Waals surface area contributed by atoms with E-state index in [1.165, 1.54) is 0 Å². The van der Waals surface area contributed by atoms with Gasteiger partial charge in [0, 0.05) is 11.6 Å². The number of likely N-dealkylation sites (N-methyl/N-ethyl adjacent to an activating group) is 1. The second kappa shape index (κ2) is 4.92. The summed E-state index contributed by atoms with van der Waals surface area (Å²) in [6.45, 7) is 4.16. The Kier molecular flexibility index (Phi) is 4.24. The Balaban J connectivity index is 3.15. The monoisotopic (exact) mass is 260 g/mol. The highest BCUT2D eigenvalue weighted by Gasteiger charge is 2.31. The third-order valence-corrected chi connectivity index (χ3v) is 4.06. The molecule has 1 aromatic carbocycles. The SMILES string of the molecule is CN(C)C(C)(C)C(N)c1cccc(Cl)c1Cl. The van der Waals surface area contributed by atoms with Gasteiger partial charge in [0.05, 0.1) is 10.0 Å². The Morgan fingerprint density at radius 1 is 1.25 bits per heavy atom. The van der Waals surface area contributed by atoms with Crippen LogP contribution in [0.3, 0.4) is 0 Å². The molecule has 0 aliphatic carbocycles. The van der Waals surface area contributed by atoms with Gasteiger partial charge in [0.15, 0.2) is 0 Å². The first-order chi connectivity index (χ1) is 7.28. The van der Waals surface area contributed by atoms with Crippen molar-refractivity contribution < 1.29 is 0 Å². The zero-order chi connectivity index (χ0) is 12.5. The molecule has 0 saturated carbocycles. The molecule has 16 heavy (non-hydrogen) atoms. The Labute approximate surface area is 107 Å². The first-order valence-corrected chi connectivity index (χ1v) is 5.91. The highest BCUT2D eigenvalue weighted by molar-refractivity contribution is 6.42. The van der Waals surface area contributed by atoms with Crippen LogP contribution in [0.25, 0.3) is 0 Å². The van der Waals surface area contributed by atoms with Gasteiger partial charge in [-0.25, -0.2) is 0 Å². The van der Waals surface area contributed by atoms with Crippen LogP contribution in [0.15, 0.2) is 18.2 Å². The average Bonchev–Trinajstić information content (AvgIpc) is 2.21. The molecule has 0 heterocycles. The minimum atomic E-state index is -0.186. The van der Waals surface area contributed by atoms with E-state index in [-0.39, 0.29) is 11.6 Å². The van der Waals surface area contributed by atoms with E-state index >= 15 is 0 Å². The number of hydrogen-bond donors (Lipinski definition) is 1. The molecule has 0 saturated heterocycles. The van der Waals surface area contributed by atoms with Gasteiger partial charge in [-0.3, -0.25) is 0 Å². The van der Waals surface area contributed by atoms with Crippen LogP contribution in [0.1, 0.15) is 25.5 Å². The Morgan fingerprint density at radius 3 is 2.31 bits per heavy atom. The largest absolute Gasteiger partial charge is 0.322 e. The summed E-state index contributed by atoms with van der Waals surface area (Å²) >= 11 is 12.2. The van der Waals surface area contributed by atoms with Gasteiger partial charge in [-0.1, -0.05) is 35.3 Å². The third-order valence-electron chi connectivity index (χ3n) is 3.23. The highest BCUT2D eigenvalue weighted by Crippen LogP contribution is 2.35. The maximum absolute atomic E-state index is 6.26. The quantitative estimate of drug-likeness (QED) is 0.904. The number of rotatable bonds is 3. The molecule has 0 spiro atoms. The number of hydrogen-bond acceptors (Lipinski definition) is 2. The lowest BCUT2D eigenvalue weighted by Crippen LogP contribution is -2.47. The maximum Gasteiger partial charge on any atom is 0.0640 e. The van der Waals surface area contributed by atoms with Gasteiger partial charge in [-0.15, -0.1) is 0 Å². The van der Waals surface area contributed by atoms with Crippen molar-refractivity contribution >= 4 is 23.2 Å². The summed E-state index contributed by atoms with van der Waals surface area (Å²) < 4.78 is 0. The van der Waals surface area contributed by atoms with Gasteiger partial charge in [-0.2, -0.15) is 0 Å². The van der Waals surface area contributed by atoms with Crippen LogP contribution in [0.2, 0.25) is 10.0 Å². The standard InChI is InChI=1S/C12H18Cl2N2/c1-12(2,16(3)4)11(15)8-6-5-7-9(13)10(8)14/h5-7,11H,15H2,1-4H3. The molecule has 4 heteroatoms. The Bertz CT molecular complexity index is 375. The summed E-state index contributed by atoms with van der Waals surface area (Å²) in [5, 5.41) is 1.09. The fourth-order valence-electron chi connectivity index (χ4n) is 1.42. The van der Waals surface area contributed by atoms with E-state index < -0.39 is 0 Å². The molecule has 0 fully saturated rings. The molecule has 2 nitrogen and oxygen atoms in total. The van der Waals surface area contributed by atoms with Crippen molar-refractivity contribution in [3.63, 3.8) is 0 Å². The first-order valence-electron chi connectivity index (χ1n) is 5.15. The van der Waals surface area contributed by atoms with Crippen molar-refractivity contribution in [2.45, 2.75) is 25.4 Å². The van der Waals surface area contributed by atoms with Crippen molar-refractivity contribution in [3.05, 3.63) is 33.8 Å². The molecule has 0 amide bonds. The van der Waals surface area contributed by atoms with E-state index in [9.17, 15) is 0 Å². The van der Waals surface area contributed by atoms with E-state index in [4.69, 9.17) is 28.9 Å². The van der Waals surface area contributed by atoms with Gasteiger partial charge in [0.25, 0.3) is 0 Å². The lowest BCUT2D eigenvalue weighted by atomic mass is 9.88. The Morgan fingerprint density at radius 2 is 1.81 bits per heavy atom. The van der Waals surface area contributed by atoms with E-state index in [2.05, 4.69) is 18.7 Å². The normalized spacial score (nSPS) is 14.2. The van der Waals surface area contributed by atoms with Gasteiger partial charge in [-0.05, 0) is 39.6 Å². The summed E-state index contributed by atoms with van der Waals surface area (Å²) in [5.41, 5.74) is 6.95. The molecular weight excluding hydrogens is 243 g/mol. The zero-order valence-corrected chi connectivity index (χ0v) is 11.6. The molecule has 0 aromatic heterocycles. The summed E-state index contributed by atoms with van der Waals surface area (Å²) in [7, 11) is 4.00. The molecule has 1 atom stereocenters. The second-order valence-electron chi connectivity index (χ2n) is 4.67. The van der Waals surface area contributed by atoms with Crippen molar-refractivity contribution in [2.75, 3.05) is 14.1 Å². The summed E-state index contributed by atoms with van der Waals surface area (Å²) in [6.07, 6.45) is 0. The highest BCUT2D eigenvalue weighted by atomic mass is 35.5. The van der Waals surface area contributed by atoms with Crippen LogP contribution < -0.4 is 5.73 Å². The van der Waals surface area contributed by atoms with Gasteiger partial charge < -0.3 is 10.6 Å². The third kappa shape index (κ3) is 2.51. The Hall–Kier alpha value is -0.280. The minimum absolute atomic E-state index is 0.186. The molecule has 1 aromatic rings. The van der Waals surface area contributed by atoms with Crippen molar-refractivity contribution in [2.24, 2.45) is 5.73 Å².